The van der Waals surface area contributed by atoms with Crippen LogP contribution in [0.3, 0.4) is 0 Å². The molecular weight excluding hydrogens is 390 g/mol. The lowest BCUT2D eigenvalue weighted by Gasteiger charge is -2.30. The molecule has 0 fully saturated rings. The molecule has 2 N–H and O–H groups in total. The SMILES string of the molecule is CC(C)=CCC/C(C)=C/CC/C(C)=C/CS[C@H](C)N(C(=O)O)C(CC=O)C(=O)O. The van der Waals surface area contributed by atoms with Gasteiger partial charge in [-0.05, 0) is 60.3 Å². The van der Waals surface area contributed by atoms with E-state index in [0.29, 0.717) is 12.0 Å². The number of hydrogen-bond acceptors (Lipinski definition) is 4. The first kappa shape index (κ1) is 27.0. The molecule has 0 aliphatic carbocycles. The molecule has 164 valence electrons. The Kier molecular flexibility index (Phi) is 13.9. The Morgan fingerprint density at radius 1 is 0.966 bits per heavy atom. The van der Waals surface area contributed by atoms with Gasteiger partial charge in [-0.1, -0.05) is 34.9 Å². The van der Waals surface area contributed by atoms with Gasteiger partial charge in [0.15, 0.2) is 0 Å². The first-order chi connectivity index (χ1) is 13.6. The van der Waals surface area contributed by atoms with Crippen molar-refractivity contribution in [3.8, 4) is 0 Å². The zero-order chi connectivity index (χ0) is 22.4. The number of hydrogen-bond donors (Lipinski definition) is 2. The number of carboxylic acid groups (broad SMARTS) is 2. The number of allylic oxidation sites excluding steroid dienone is 5. The van der Waals surface area contributed by atoms with Crippen molar-refractivity contribution in [1.82, 2.24) is 4.90 Å². The summed E-state index contributed by atoms with van der Waals surface area (Å²) in [4.78, 5) is 34.3. The average molecular weight is 426 g/mol. The number of carboxylic acids is 1. The first-order valence-electron chi connectivity index (χ1n) is 9.84. The molecule has 0 aromatic heterocycles. The molecule has 0 saturated carbocycles. The summed E-state index contributed by atoms with van der Waals surface area (Å²) in [6, 6.07) is -1.36. The van der Waals surface area contributed by atoms with Gasteiger partial charge in [0.2, 0.25) is 0 Å². The molecule has 0 aliphatic heterocycles. The molecule has 1 unspecified atom stereocenters. The van der Waals surface area contributed by atoms with Gasteiger partial charge in [-0.15, -0.1) is 11.8 Å². The van der Waals surface area contributed by atoms with Gasteiger partial charge in [0.25, 0.3) is 0 Å². The van der Waals surface area contributed by atoms with Gasteiger partial charge in [0.05, 0.1) is 5.37 Å². The van der Waals surface area contributed by atoms with Crippen LogP contribution >= 0.6 is 11.8 Å². The molecule has 0 rings (SSSR count). The molecule has 0 aromatic carbocycles. The fraction of sp³-hybridized carbons (Fsp3) is 0.591. The largest absolute Gasteiger partial charge is 0.480 e. The van der Waals surface area contributed by atoms with Crippen LogP contribution in [-0.2, 0) is 9.59 Å². The lowest BCUT2D eigenvalue weighted by atomic mass is 10.1. The number of amides is 1. The predicted octanol–water partition coefficient (Wildman–Crippen LogP) is 5.51. The molecule has 7 heteroatoms. The highest BCUT2D eigenvalue weighted by Crippen LogP contribution is 2.21. The van der Waals surface area contributed by atoms with Crippen molar-refractivity contribution in [1.29, 1.82) is 0 Å². The maximum Gasteiger partial charge on any atom is 0.408 e. The van der Waals surface area contributed by atoms with E-state index < -0.39 is 23.5 Å². The van der Waals surface area contributed by atoms with E-state index in [0.717, 1.165) is 30.6 Å². The molecule has 0 heterocycles. The maximum absolute atomic E-state index is 11.5. The standard InChI is InChI=1S/C22H35NO5S/c1-16(2)8-6-9-17(3)10-7-11-18(4)13-15-29-19(5)23(22(27)28)20(12-14-24)21(25)26/h8,10,13-14,19-20H,6-7,9,11-12,15H2,1-5H3,(H,25,26)(H,27,28)/b17-10+,18-13+/t19-,20?/m1/s1. The zero-order valence-electron chi connectivity index (χ0n) is 18.2. The van der Waals surface area contributed by atoms with Crippen molar-refractivity contribution < 1.29 is 24.6 Å². The van der Waals surface area contributed by atoms with Crippen LogP contribution < -0.4 is 0 Å². The van der Waals surface area contributed by atoms with Crippen molar-refractivity contribution in [3.05, 3.63) is 34.9 Å². The van der Waals surface area contributed by atoms with Gasteiger partial charge in [-0.25, -0.2) is 9.59 Å². The number of aliphatic carboxylic acids is 1. The van der Waals surface area contributed by atoms with Crippen LogP contribution in [0.1, 0.15) is 66.7 Å². The Morgan fingerprint density at radius 2 is 1.52 bits per heavy atom. The van der Waals surface area contributed by atoms with Crippen LogP contribution in [0.2, 0.25) is 0 Å². The van der Waals surface area contributed by atoms with E-state index in [2.05, 4.69) is 32.9 Å². The Bertz CT molecular complexity index is 635. The second-order valence-corrected chi connectivity index (χ2v) is 8.69. The maximum atomic E-state index is 11.5. The number of rotatable bonds is 14. The van der Waals surface area contributed by atoms with Gasteiger partial charge < -0.3 is 15.0 Å². The van der Waals surface area contributed by atoms with Crippen LogP contribution in [-0.4, -0.2) is 50.6 Å². The highest BCUT2D eigenvalue weighted by atomic mass is 32.2. The number of thioether (sulfide) groups is 1. The molecule has 2 atom stereocenters. The van der Waals surface area contributed by atoms with Crippen molar-refractivity contribution >= 4 is 30.1 Å². The molecular formula is C22H35NO5S. The molecule has 0 saturated heterocycles. The van der Waals surface area contributed by atoms with Crippen molar-refractivity contribution in [2.75, 3.05) is 5.75 Å². The Labute approximate surface area is 178 Å². The van der Waals surface area contributed by atoms with E-state index in [4.69, 9.17) is 0 Å². The second-order valence-electron chi connectivity index (χ2n) is 7.34. The molecule has 0 bridgehead atoms. The predicted molar refractivity (Wildman–Crippen MR) is 119 cm³/mol. The highest BCUT2D eigenvalue weighted by molar-refractivity contribution is 7.99. The third-order valence-electron chi connectivity index (χ3n) is 4.44. The summed E-state index contributed by atoms with van der Waals surface area (Å²) in [7, 11) is 0. The second kappa shape index (κ2) is 14.9. The molecule has 29 heavy (non-hydrogen) atoms. The van der Waals surface area contributed by atoms with Crippen molar-refractivity contribution in [3.63, 3.8) is 0 Å². The minimum absolute atomic E-state index is 0.360. The van der Waals surface area contributed by atoms with Gasteiger partial charge >= 0.3 is 12.1 Å². The number of aldehydes is 1. The van der Waals surface area contributed by atoms with Crippen molar-refractivity contribution in [2.24, 2.45) is 0 Å². The van der Waals surface area contributed by atoms with E-state index in [1.165, 1.54) is 28.5 Å². The first-order valence-corrected chi connectivity index (χ1v) is 10.9. The normalized spacial score (nSPS) is 14.1. The van der Waals surface area contributed by atoms with Crippen LogP contribution in [0, 0.1) is 0 Å². The van der Waals surface area contributed by atoms with Crippen LogP contribution in [0.5, 0.6) is 0 Å². The third-order valence-corrected chi connectivity index (χ3v) is 5.51. The molecule has 0 aliphatic rings. The van der Waals surface area contributed by atoms with E-state index in [1.807, 2.05) is 13.0 Å². The van der Waals surface area contributed by atoms with Gasteiger partial charge in [-0.3, -0.25) is 4.90 Å². The number of nitrogens with zero attached hydrogens (tertiary/aromatic N) is 1. The summed E-state index contributed by atoms with van der Waals surface area (Å²) < 4.78 is 0. The van der Waals surface area contributed by atoms with Crippen LogP contribution in [0.15, 0.2) is 34.9 Å². The summed E-state index contributed by atoms with van der Waals surface area (Å²) in [5.41, 5.74) is 3.93. The molecule has 6 nitrogen and oxygen atoms in total. The Balaban J connectivity index is 4.59. The van der Waals surface area contributed by atoms with Crippen molar-refractivity contribution in [2.45, 2.75) is 78.1 Å². The molecule has 0 spiro atoms. The molecule has 0 aromatic rings. The lowest BCUT2D eigenvalue weighted by Crippen LogP contribution is -2.48. The number of carbonyl (C=O) groups is 3. The molecule has 1 amide bonds. The van der Waals surface area contributed by atoms with E-state index in [1.54, 1.807) is 6.92 Å². The minimum atomic E-state index is -1.36. The summed E-state index contributed by atoms with van der Waals surface area (Å²) >= 11 is 1.33. The summed E-state index contributed by atoms with van der Waals surface area (Å²) in [5, 5.41) is 18.0. The lowest BCUT2D eigenvalue weighted by molar-refractivity contribution is -0.143. The fourth-order valence-electron chi connectivity index (χ4n) is 2.72. The average Bonchev–Trinajstić information content (AvgIpc) is 2.60. The topological polar surface area (TPSA) is 94.9 Å². The van der Waals surface area contributed by atoms with Gasteiger partial charge in [-0.2, -0.15) is 0 Å². The minimum Gasteiger partial charge on any atom is -0.480 e. The quantitative estimate of drug-likeness (QED) is 0.216. The Hall–Kier alpha value is -2.02. The summed E-state index contributed by atoms with van der Waals surface area (Å²) in [5.74, 6) is -0.738. The van der Waals surface area contributed by atoms with Crippen LogP contribution in [0.25, 0.3) is 0 Å². The van der Waals surface area contributed by atoms with E-state index in [-0.39, 0.29) is 6.42 Å². The number of carbonyl (C=O) groups excluding carboxylic acids is 1. The van der Waals surface area contributed by atoms with Gasteiger partial charge in [0.1, 0.15) is 12.3 Å². The molecule has 0 radical (unpaired) electrons. The monoisotopic (exact) mass is 425 g/mol. The highest BCUT2D eigenvalue weighted by Gasteiger charge is 2.33. The van der Waals surface area contributed by atoms with E-state index >= 15 is 0 Å². The van der Waals surface area contributed by atoms with Gasteiger partial charge in [0, 0.05) is 12.2 Å². The summed E-state index contributed by atoms with van der Waals surface area (Å²) in [6.45, 7) is 10.0. The fourth-order valence-corrected chi connectivity index (χ4v) is 3.77. The smallest absolute Gasteiger partial charge is 0.408 e. The zero-order valence-corrected chi connectivity index (χ0v) is 19.0. The van der Waals surface area contributed by atoms with E-state index in [9.17, 15) is 24.6 Å². The van der Waals surface area contributed by atoms with Crippen LogP contribution in [0.4, 0.5) is 4.79 Å². The summed E-state index contributed by atoms with van der Waals surface area (Å²) in [6.07, 6.45) is 9.31. The third kappa shape index (κ3) is 12.2. The Morgan fingerprint density at radius 3 is 2.00 bits per heavy atom.